The largest absolute Gasteiger partial charge is 0.405 e. The second kappa shape index (κ2) is 7.35. The maximum Gasteiger partial charge on any atom is 0.405 e. The van der Waals surface area contributed by atoms with Gasteiger partial charge in [0.1, 0.15) is 0 Å². The molecule has 4 nitrogen and oxygen atoms in total. The molecular weight excluding hydrogens is 261 g/mol. The molecule has 0 aliphatic carbocycles. The Balaban J connectivity index is 2.88. The average Bonchev–Trinajstić information content (AvgIpc) is 2.37. The summed E-state index contributed by atoms with van der Waals surface area (Å²) in [5.41, 5.74) is 4.48. The van der Waals surface area contributed by atoms with Crippen LogP contribution in [0.2, 0.25) is 0 Å². The zero-order valence-corrected chi connectivity index (χ0v) is 12.7. The van der Waals surface area contributed by atoms with Crippen LogP contribution in [0.3, 0.4) is 0 Å². The number of anilines is 1. The minimum Gasteiger partial charge on any atom is -0.378 e. The second-order valence-corrected chi connectivity index (χ2v) is 5.75. The summed E-state index contributed by atoms with van der Waals surface area (Å²) in [6, 6.07) is 7.67. The average molecular weight is 281 g/mol. The lowest BCUT2D eigenvalue weighted by molar-refractivity contribution is 0.230. The van der Waals surface area contributed by atoms with Gasteiger partial charge in [0.15, 0.2) is 0 Å². The van der Waals surface area contributed by atoms with Gasteiger partial charge in [0, 0.05) is 31.0 Å². The van der Waals surface area contributed by atoms with E-state index in [0.717, 1.165) is 11.3 Å². The number of hydrogen-bond acceptors (Lipinski definition) is 4. The fourth-order valence-corrected chi connectivity index (χ4v) is 2.57. The molecule has 1 aromatic carbocycles. The molecule has 0 radical (unpaired) electrons. The molecule has 0 bridgehead atoms. The van der Waals surface area contributed by atoms with E-state index in [0.29, 0.717) is 13.2 Å². The Bertz CT molecular complexity index is 490. The van der Waals surface area contributed by atoms with Gasteiger partial charge >= 0.3 is 7.60 Å². The van der Waals surface area contributed by atoms with Gasteiger partial charge in [-0.1, -0.05) is 5.92 Å². The number of nitrogens with zero attached hydrogens (tertiary/aromatic N) is 1. The highest BCUT2D eigenvalue weighted by molar-refractivity contribution is 7.59. The van der Waals surface area contributed by atoms with Crippen LogP contribution in [0.1, 0.15) is 19.4 Å². The molecule has 0 saturated carbocycles. The van der Waals surface area contributed by atoms with Gasteiger partial charge in [-0.05, 0) is 38.1 Å². The van der Waals surface area contributed by atoms with Gasteiger partial charge in [-0.3, -0.25) is 9.05 Å². The Hall–Kier alpha value is -1.27. The lowest BCUT2D eigenvalue weighted by atomic mass is 10.2. The van der Waals surface area contributed by atoms with Crippen molar-refractivity contribution in [2.75, 3.05) is 32.2 Å². The summed E-state index contributed by atoms with van der Waals surface area (Å²) in [7, 11) is 0.655. The first-order valence-electron chi connectivity index (χ1n) is 6.20. The molecule has 104 valence electrons. The van der Waals surface area contributed by atoms with Crippen LogP contribution in [0.4, 0.5) is 5.69 Å². The Morgan fingerprint density at radius 3 is 2.05 bits per heavy atom. The molecule has 1 rings (SSSR count). The number of hydrogen-bond donors (Lipinski definition) is 0. The van der Waals surface area contributed by atoms with E-state index in [1.54, 1.807) is 13.8 Å². The lowest BCUT2D eigenvalue weighted by Crippen LogP contribution is -2.07. The third-order valence-electron chi connectivity index (χ3n) is 2.32. The zero-order chi connectivity index (χ0) is 14.3. The van der Waals surface area contributed by atoms with E-state index in [-0.39, 0.29) is 0 Å². The molecule has 0 amide bonds. The fourth-order valence-electron chi connectivity index (χ4n) is 1.42. The highest BCUT2D eigenvalue weighted by Crippen LogP contribution is 2.46. The molecule has 0 aliphatic heterocycles. The minimum absolute atomic E-state index is 0.311. The normalized spacial score (nSPS) is 10.7. The molecule has 0 aromatic heterocycles. The topological polar surface area (TPSA) is 38.8 Å². The van der Waals surface area contributed by atoms with Gasteiger partial charge in [0.05, 0.1) is 13.2 Å². The number of rotatable bonds is 5. The minimum atomic E-state index is -3.29. The summed E-state index contributed by atoms with van der Waals surface area (Å²) in [6.07, 6.45) is 0. The van der Waals surface area contributed by atoms with E-state index in [2.05, 4.69) is 11.6 Å². The van der Waals surface area contributed by atoms with E-state index in [9.17, 15) is 4.57 Å². The Kier molecular flexibility index (Phi) is 6.11. The molecule has 0 unspecified atom stereocenters. The van der Waals surface area contributed by atoms with Crippen LogP contribution < -0.4 is 4.90 Å². The maximum atomic E-state index is 12.1. The predicted octanol–water partition coefficient (Wildman–Crippen LogP) is 3.33. The highest BCUT2D eigenvalue weighted by atomic mass is 31.2. The third-order valence-corrected chi connectivity index (χ3v) is 3.90. The first-order valence-corrected chi connectivity index (χ1v) is 7.74. The molecule has 0 atom stereocenters. The van der Waals surface area contributed by atoms with Crippen molar-refractivity contribution >= 4 is 13.3 Å². The quantitative estimate of drug-likeness (QED) is 0.613. The van der Waals surface area contributed by atoms with Crippen molar-refractivity contribution in [1.82, 2.24) is 0 Å². The zero-order valence-electron chi connectivity index (χ0n) is 11.8. The summed E-state index contributed by atoms with van der Waals surface area (Å²) in [4.78, 5) is 2.00. The molecular formula is C14H20NO3P. The van der Waals surface area contributed by atoms with Crippen LogP contribution in [0.25, 0.3) is 0 Å². The highest BCUT2D eigenvalue weighted by Gasteiger charge is 2.19. The summed E-state index contributed by atoms with van der Waals surface area (Å²) in [6.45, 7) is 4.15. The van der Waals surface area contributed by atoms with Crippen molar-refractivity contribution < 1.29 is 13.6 Å². The smallest absolute Gasteiger partial charge is 0.378 e. The fraction of sp³-hybridized carbons (Fsp3) is 0.429. The van der Waals surface area contributed by atoms with E-state index in [1.807, 2.05) is 43.3 Å². The Morgan fingerprint density at radius 2 is 1.63 bits per heavy atom. The van der Waals surface area contributed by atoms with E-state index < -0.39 is 7.60 Å². The summed E-state index contributed by atoms with van der Waals surface area (Å²) in [5, 5.41) is 0. The molecule has 0 heterocycles. The van der Waals surface area contributed by atoms with Crippen LogP contribution in [-0.2, 0) is 13.6 Å². The van der Waals surface area contributed by atoms with Crippen LogP contribution in [0.15, 0.2) is 24.3 Å². The second-order valence-electron chi connectivity index (χ2n) is 4.01. The molecule has 0 saturated heterocycles. The first kappa shape index (κ1) is 15.8. The van der Waals surface area contributed by atoms with E-state index in [1.165, 1.54) is 0 Å². The monoisotopic (exact) mass is 281 g/mol. The van der Waals surface area contributed by atoms with Crippen molar-refractivity contribution in [3.63, 3.8) is 0 Å². The van der Waals surface area contributed by atoms with Gasteiger partial charge in [-0.25, -0.2) is 4.57 Å². The molecule has 1 aromatic rings. The van der Waals surface area contributed by atoms with Crippen molar-refractivity contribution in [3.05, 3.63) is 29.8 Å². The SMILES string of the molecule is CCOP(=O)(C#Cc1ccc(N(C)C)cc1)OCC. The maximum absolute atomic E-state index is 12.1. The van der Waals surface area contributed by atoms with Crippen molar-refractivity contribution in [3.8, 4) is 11.6 Å². The van der Waals surface area contributed by atoms with Crippen LogP contribution in [0, 0.1) is 11.6 Å². The third kappa shape index (κ3) is 5.08. The van der Waals surface area contributed by atoms with Gasteiger partial charge in [-0.2, -0.15) is 0 Å². The standard InChI is InChI=1S/C14H20NO3P/c1-5-17-19(16,18-6-2)12-11-13-7-9-14(10-8-13)15(3)4/h7-10H,5-6H2,1-4H3. The Morgan fingerprint density at radius 1 is 1.11 bits per heavy atom. The van der Waals surface area contributed by atoms with Gasteiger partial charge in [-0.15, -0.1) is 0 Å². The van der Waals surface area contributed by atoms with Crippen LogP contribution >= 0.6 is 7.60 Å². The van der Waals surface area contributed by atoms with Crippen LogP contribution in [-0.4, -0.2) is 27.3 Å². The lowest BCUT2D eigenvalue weighted by Gasteiger charge is -2.11. The van der Waals surface area contributed by atoms with Crippen molar-refractivity contribution in [2.45, 2.75) is 13.8 Å². The summed E-state index contributed by atoms with van der Waals surface area (Å²) < 4.78 is 22.3. The molecule has 0 N–H and O–H groups in total. The molecule has 5 heteroatoms. The van der Waals surface area contributed by atoms with E-state index in [4.69, 9.17) is 9.05 Å². The number of benzene rings is 1. The van der Waals surface area contributed by atoms with Gasteiger partial charge in [0.2, 0.25) is 0 Å². The summed E-state index contributed by atoms with van der Waals surface area (Å²) in [5.74, 6) is 2.84. The molecule has 0 aliphatic rings. The predicted molar refractivity (Wildman–Crippen MR) is 78.5 cm³/mol. The van der Waals surface area contributed by atoms with Gasteiger partial charge in [0.25, 0.3) is 0 Å². The molecule has 0 fully saturated rings. The van der Waals surface area contributed by atoms with E-state index >= 15 is 0 Å². The Labute approximate surface area is 115 Å². The van der Waals surface area contributed by atoms with Crippen molar-refractivity contribution in [1.29, 1.82) is 0 Å². The summed E-state index contributed by atoms with van der Waals surface area (Å²) >= 11 is 0. The van der Waals surface area contributed by atoms with Crippen molar-refractivity contribution in [2.24, 2.45) is 0 Å². The van der Waals surface area contributed by atoms with Gasteiger partial charge < -0.3 is 4.90 Å². The first-order chi connectivity index (χ1) is 9.00. The molecule has 19 heavy (non-hydrogen) atoms. The molecule has 0 spiro atoms. The van der Waals surface area contributed by atoms with Crippen LogP contribution in [0.5, 0.6) is 0 Å².